The molecule has 1 unspecified atom stereocenters. The second-order valence-electron chi connectivity index (χ2n) is 5.92. The molecule has 122 valence electrons. The molecule has 6 heteroatoms. The van der Waals surface area contributed by atoms with Crippen LogP contribution in [0.25, 0.3) is 0 Å². The Labute approximate surface area is 131 Å². The van der Waals surface area contributed by atoms with E-state index in [0.717, 1.165) is 37.8 Å². The zero-order valence-corrected chi connectivity index (χ0v) is 13.5. The van der Waals surface area contributed by atoms with Crippen molar-refractivity contribution >= 4 is 11.8 Å². The van der Waals surface area contributed by atoms with Gasteiger partial charge in [-0.05, 0) is 19.3 Å². The Morgan fingerprint density at radius 3 is 2.91 bits per heavy atom. The number of carbonyl (C=O) groups excluding carboxylic acids is 2. The second kappa shape index (κ2) is 7.96. The molecule has 0 spiro atoms. The largest absolute Gasteiger partial charge is 0.349 e. The van der Waals surface area contributed by atoms with Gasteiger partial charge in [0.25, 0.3) is 0 Å². The molecule has 0 aromatic carbocycles. The molecule has 6 nitrogen and oxygen atoms in total. The normalized spacial score (nSPS) is 17.2. The molecule has 1 saturated heterocycles. The number of hydrogen-bond acceptors (Lipinski definition) is 3. The summed E-state index contributed by atoms with van der Waals surface area (Å²) in [7, 11) is 1.86. The maximum Gasteiger partial charge on any atom is 0.222 e. The molecule has 1 aromatic rings. The van der Waals surface area contributed by atoms with Gasteiger partial charge in [0.1, 0.15) is 0 Å². The number of aryl methyl sites for hydroxylation is 1. The molecular weight excluding hydrogens is 280 g/mol. The van der Waals surface area contributed by atoms with E-state index in [0.29, 0.717) is 19.4 Å². The van der Waals surface area contributed by atoms with Crippen LogP contribution in [0.2, 0.25) is 0 Å². The Balaban J connectivity index is 1.82. The minimum absolute atomic E-state index is 0.00671. The highest BCUT2D eigenvalue weighted by Gasteiger charge is 2.19. The molecule has 2 heterocycles. The molecule has 0 radical (unpaired) electrons. The van der Waals surface area contributed by atoms with Gasteiger partial charge in [0.05, 0.1) is 12.2 Å². The summed E-state index contributed by atoms with van der Waals surface area (Å²) in [6.45, 7) is 3.34. The predicted octanol–water partition coefficient (Wildman–Crippen LogP) is 1.78. The average molecular weight is 306 g/mol. The van der Waals surface area contributed by atoms with E-state index in [2.05, 4.69) is 10.4 Å². The van der Waals surface area contributed by atoms with Crippen molar-refractivity contribution in [1.29, 1.82) is 0 Å². The Morgan fingerprint density at radius 2 is 2.23 bits per heavy atom. The van der Waals surface area contributed by atoms with Crippen molar-refractivity contribution in [2.24, 2.45) is 7.05 Å². The van der Waals surface area contributed by atoms with Gasteiger partial charge in [-0.25, -0.2) is 0 Å². The lowest BCUT2D eigenvalue weighted by molar-refractivity contribution is -0.131. The van der Waals surface area contributed by atoms with Gasteiger partial charge in [0.2, 0.25) is 11.8 Å². The monoisotopic (exact) mass is 306 g/mol. The first-order valence-corrected chi connectivity index (χ1v) is 8.16. The van der Waals surface area contributed by atoms with E-state index >= 15 is 0 Å². The third-order valence-electron chi connectivity index (χ3n) is 4.15. The lowest BCUT2D eigenvalue weighted by atomic mass is 10.1. The molecule has 1 atom stereocenters. The van der Waals surface area contributed by atoms with Crippen molar-refractivity contribution in [1.82, 2.24) is 20.0 Å². The summed E-state index contributed by atoms with van der Waals surface area (Å²) in [6.07, 6.45) is 8.63. The van der Waals surface area contributed by atoms with Gasteiger partial charge in [-0.3, -0.25) is 14.3 Å². The van der Waals surface area contributed by atoms with Crippen molar-refractivity contribution in [2.75, 3.05) is 13.1 Å². The second-order valence-corrected chi connectivity index (χ2v) is 5.92. The Kier molecular flexibility index (Phi) is 5.98. The van der Waals surface area contributed by atoms with E-state index < -0.39 is 0 Å². The van der Waals surface area contributed by atoms with Gasteiger partial charge >= 0.3 is 0 Å². The summed E-state index contributed by atoms with van der Waals surface area (Å²) in [5.41, 5.74) is 1.02. The summed E-state index contributed by atoms with van der Waals surface area (Å²) in [5, 5.41) is 7.18. The molecule has 2 rings (SSSR count). The predicted molar refractivity (Wildman–Crippen MR) is 84.0 cm³/mol. The van der Waals surface area contributed by atoms with Gasteiger partial charge in [0.15, 0.2) is 0 Å². The van der Waals surface area contributed by atoms with Crippen LogP contribution in [-0.2, 0) is 16.6 Å². The van der Waals surface area contributed by atoms with Gasteiger partial charge in [0, 0.05) is 44.7 Å². The molecule has 22 heavy (non-hydrogen) atoms. The van der Waals surface area contributed by atoms with E-state index in [1.807, 2.05) is 25.1 Å². The van der Waals surface area contributed by atoms with Crippen LogP contribution in [-0.4, -0.2) is 39.6 Å². The average Bonchev–Trinajstić information content (AvgIpc) is 2.82. The third kappa shape index (κ3) is 4.58. The minimum Gasteiger partial charge on any atom is -0.349 e. The van der Waals surface area contributed by atoms with Crippen molar-refractivity contribution in [2.45, 2.75) is 51.5 Å². The smallest absolute Gasteiger partial charge is 0.222 e. The number of likely N-dealkylation sites (tertiary alicyclic amines) is 1. The molecule has 0 aliphatic carbocycles. The SMILES string of the molecule is CCC(NC(=O)CCN1CCCCCC1=O)c1cnn(C)c1. The van der Waals surface area contributed by atoms with Crippen molar-refractivity contribution in [3.63, 3.8) is 0 Å². The Hall–Kier alpha value is -1.85. The lowest BCUT2D eigenvalue weighted by Gasteiger charge is -2.21. The fourth-order valence-corrected chi connectivity index (χ4v) is 2.82. The number of nitrogens with zero attached hydrogens (tertiary/aromatic N) is 3. The molecular formula is C16H26N4O2. The van der Waals surface area contributed by atoms with Gasteiger partial charge in [-0.1, -0.05) is 13.3 Å². The number of aromatic nitrogens is 2. The summed E-state index contributed by atoms with van der Waals surface area (Å²) in [5.74, 6) is 0.178. The molecule has 0 saturated carbocycles. The third-order valence-corrected chi connectivity index (χ3v) is 4.15. The van der Waals surface area contributed by atoms with Crippen molar-refractivity contribution < 1.29 is 9.59 Å². The van der Waals surface area contributed by atoms with E-state index in [-0.39, 0.29) is 17.9 Å². The number of nitrogens with one attached hydrogen (secondary N) is 1. The first-order chi connectivity index (χ1) is 10.6. The molecule has 2 amide bonds. The Morgan fingerprint density at radius 1 is 1.41 bits per heavy atom. The maximum absolute atomic E-state index is 12.2. The molecule has 1 N–H and O–H groups in total. The van der Waals surface area contributed by atoms with Crippen LogP contribution in [0.5, 0.6) is 0 Å². The highest BCUT2D eigenvalue weighted by atomic mass is 16.2. The van der Waals surface area contributed by atoms with Crippen molar-refractivity contribution in [3.8, 4) is 0 Å². The zero-order valence-electron chi connectivity index (χ0n) is 13.5. The number of hydrogen-bond donors (Lipinski definition) is 1. The zero-order chi connectivity index (χ0) is 15.9. The van der Waals surface area contributed by atoms with Crippen LogP contribution < -0.4 is 5.32 Å². The highest BCUT2D eigenvalue weighted by molar-refractivity contribution is 5.79. The van der Waals surface area contributed by atoms with E-state index in [9.17, 15) is 9.59 Å². The molecule has 1 aliphatic heterocycles. The first kappa shape index (κ1) is 16.5. The van der Waals surface area contributed by atoms with Crippen molar-refractivity contribution in [3.05, 3.63) is 18.0 Å². The van der Waals surface area contributed by atoms with Crippen LogP contribution in [0.15, 0.2) is 12.4 Å². The number of carbonyl (C=O) groups is 2. The quantitative estimate of drug-likeness (QED) is 0.871. The van der Waals surface area contributed by atoms with Crippen LogP contribution in [0, 0.1) is 0 Å². The maximum atomic E-state index is 12.2. The van der Waals surface area contributed by atoms with E-state index in [4.69, 9.17) is 0 Å². The fourth-order valence-electron chi connectivity index (χ4n) is 2.82. The van der Waals surface area contributed by atoms with Gasteiger partial charge in [-0.2, -0.15) is 5.10 Å². The molecule has 1 fully saturated rings. The first-order valence-electron chi connectivity index (χ1n) is 8.16. The summed E-state index contributed by atoms with van der Waals surface area (Å²) in [6, 6.07) is -0.0129. The molecule has 1 aromatic heterocycles. The summed E-state index contributed by atoms with van der Waals surface area (Å²) in [4.78, 5) is 25.9. The van der Waals surface area contributed by atoms with Crippen LogP contribution >= 0.6 is 0 Å². The number of rotatable bonds is 6. The standard InChI is InChI=1S/C16H26N4O2/c1-3-14(13-11-17-19(2)12-13)18-15(21)8-10-20-9-6-4-5-7-16(20)22/h11-12,14H,3-10H2,1-2H3,(H,18,21). The number of amides is 2. The Bertz CT molecular complexity index is 512. The van der Waals surface area contributed by atoms with Crippen LogP contribution in [0.4, 0.5) is 0 Å². The van der Waals surface area contributed by atoms with Crippen LogP contribution in [0.3, 0.4) is 0 Å². The van der Waals surface area contributed by atoms with E-state index in [1.54, 1.807) is 10.9 Å². The minimum atomic E-state index is -0.0129. The lowest BCUT2D eigenvalue weighted by Crippen LogP contribution is -2.35. The molecule has 1 aliphatic rings. The molecule has 0 bridgehead atoms. The highest BCUT2D eigenvalue weighted by Crippen LogP contribution is 2.16. The van der Waals surface area contributed by atoms with Crippen LogP contribution in [0.1, 0.15) is 57.1 Å². The van der Waals surface area contributed by atoms with Gasteiger partial charge in [-0.15, -0.1) is 0 Å². The summed E-state index contributed by atoms with van der Waals surface area (Å²) >= 11 is 0. The van der Waals surface area contributed by atoms with Gasteiger partial charge < -0.3 is 10.2 Å². The summed E-state index contributed by atoms with van der Waals surface area (Å²) < 4.78 is 1.74. The fraction of sp³-hybridized carbons (Fsp3) is 0.688. The topological polar surface area (TPSA) is 67.2 Å². The van der Waals surface area contributed by atoms with E-state index in [1.165, 1.54) is 0 Å².